The summed E-state index contributed by atoms with van der Waals surface area (Å²) in [4.78, 5) is 18.9. The van der Waals surface area contributed by atoms with E-state index in [4.69, 9.17) is 23.2 Å². The molecule has 3 heterocycles. The zero-order chi connectivity index (χ0) is 20.2. The van der Waals surface area contributed by atoms with Crippen LogP contribution in [-0.2, 0) is 4.79 Å². The van der Waals surface area contributed by atoms with Crippen molar-refractivity contribution in [2.75, 3.05) is 23.3 Å². The van der Waals surface area contributed by atoms with E-state index in [-0.39, 0.29) is 11.8 Å². The Morgan fingerprint density at radius 1 is 1.07 bits per heavy atom. The molecule has 0 aliphatic carbocycles. The van der Waals surface area contributed by atoms with E-state index in [1.165, 1.54) is 0 Å². The fourth-order valence-electron chi connectivity index (χ4n) is 3.36. The lowest BCUT2D eigenvalue weighted by atomic mass is 9.96. The van der Waals surface area contributed by atoms with E-state index in [0.29, 0.717) is 15.7 Å². The number of hydrogen-bond acceptors (Lipinski definition) is 5. The van der Waals surface area contributed by atoms with Gasteiger partial charge in [0.1, 0.15) is 0 Å². The van der Waals surface area contributed by atoms with Crippen molar-refractivity contribution in [1.29, 1.82) is 0 Å². The second-order valence-corrected chi connectivity index (χ2v) is 7.74. The number of rotatable bonds is 4. The third-order valence-corrected chi connectivity index (χ3v) is 5.55. The van der Waals surface area contributed by atoms with Gasteiger partial charge in [0.15, 0.2) is 5.82 Å². The highest BCUT2D eigenvalue weighted by atomic mass is 35.5. The van der Waals surface area contributed by atoms with E-state index in [0.717, 1.165) is 43.0 Å². The highest BCUT2D eigenvalue weighted by molar-refractivity contribution is 6.35. The summed E-state index contributed by atoms with van der Waals surface area (Å²) < 4.78 is 0. The Bertz CT molecular complexity index is 990. The smallest absolute Gasteiger partial charge is 0.227 e. The third kappa shape index (κ3) is 4.66. The third-order valence-electron chi connectivity index (χ3n) is 4.98. The average molecular weight is 428 g/mol. The van der Waals surface area contributed by atoms with Gasteiger partial charge in [0.25, 0.3) is 0 Å². The van der Waals surface area contributed by atoms with E-state index in [1.807, 2.05) is 24.3 Å². The summed E-state index contributed by atoms with van der Waals surface area (Å²) in [5.74, 6) is 0.699. The molecule has 0 saturated carbocycles. The van der Waals surface area contributed by atoms with Crippen LogP contribution in [0.5, 0.6) is 0 Å². The number of anilines is 2. The van der Waals surface area contributed by atoms with Crippen LogP contribution in [0.15, 0.2) is 54.9 Å². The fourth-order valence-corrected chi connectivity index (χ4v) is 3.70. The lowest BCUT2D eigenvalue weighted by Crippen LogP contribution is -2.38. The molecule has 1 N–H and O–H groups in total. The van der Waals surface area contributed by atoms with Crippen molar-refractivity contribution < 1.29 is 4.79 Å². The Hall–Kier alpha value is -2.70. The van der Waals surface area contributed by atoms with Gasteiger partial charge in [-0.15, -0.1) is 10.2 Å². The molecule has 29 heavy (non-hydrogen) atoms. The number of carbonyl (C=O) groups is 1. The topological polar surface area (TPSA) is 71.0 Å². The molecule has 6 nitrogen and oxygen atoms in total. The molecule has 0 spiro atoms. The molecule has 1 aliphatic rings. The number of piperidine rings is 1. The fraction of sp³-hybridized carbons (Fsp3) is 0.238. The van der Waals surface area contributed by atoms with Gasteiger partial charge in [0.05, 0.1) is 16.4 Å². The van der Waals surface area contributed by atoms with Gasteiger partial charge in [0.2, 0.25) is 5.91 Å². The first-order valence-corrected chi connectivity index (χ1v) is 10.1. The van der Waals surface area contributed by atoms with Crippen LogP contribution < -0.4 is 10.2 Å². The predicted molar refractivity (Wildman–Crippen MR) is 115 cm³/mol. The van der Waals surface area contributed by atoms with Crippen LogP contribution in [-0.4, -0.2) is 34.2 Å². The van der Waals surface area contributed by atoms with Crippen molar-refractivity contribution in [2.45, 2.75) is 12.8 Å². The lowest BCUT2D eigenvalue weighted by molar-refractivity contribution is -0.120. The van der Waals surface area contributed by atoms with E-state index in [2.05, 4.69) is 25.4 Å². The molecule has 2 aromatic heterocycles. The minimum atomic E-state index is -0.0797. The Kier molecular flexibility index (Phi) is 5.92. The first-order valence-electron chi connectivity index (χ1n) is 9.35. The number of nitrogens with zero attached hydrogens (tertiary/aromatic N) is 4. The molecule has 4 rings (SSSR count). The van der Waals surface area contributed by atoms with Crippen LogP contribution in [0.2, 0.25) is 10.0 Å². The SMILES string of the molecule is O=C(Nc1cc(Cl)ccc1Cl)C1CCN(c2ccc(-c3cccnc3)nn2)CC1. The number of amides is 1. The summed E-state index contributed by atoms with van der Waals surface area (Å²) >= 11 is 12.1. The Labute approximate surface area is 178 Å². The molecule has 0 atom stereocenters. The molecule has 3 aromatic rings. The number of benzene rings is 1. The monoisotopic (exact) mass is 427 g/mol. The molecule has 1 fully saturated rings. The quantitative estimate of drug-likeness (QED) is 0.652. The van der Waals surface area contributed by atoms with Gasteiger partial charge in [-0.3, -0.25) is 9.78 Å². The van der Waals surface area contributed by atoms with Crippen molar-refractivity contribution >= 4 is 40.6 Å². The molecule has 0 bridgehead atoms. The van der Waals surface area contributed by atoms with Gasteiger partial charge >= 0.3 is 0 Å². The van der Waals surface area contributed by atoms with E-state index in [1.54, 1.807) is 30.6 Å². The van der Waals surface area contributed by atoms with Crippen molar-refractivity contribution in [3.63, 3.8) is 0 Å². The highest BCUT2D eigenvalue weighted by Gasteiger charge is 2.26. The Morgan fingerprint density at radius 3 is 2.59 bits per heavy atom. The number of halogens is 2. The molecular formula is C21H19Cl2N5O. The van der Waals surface area contributed by atoms with Gasteiger partial charge in [-0.1, -0.05) is 23.2 Å². The minimum Gasteiger partial charge on any atom is -0.355 e. The summed E-state index contributed by atoms with van der Waals surface area (Å²) in [6, 6.07) is 12.8. The molecular weight excluding hydrogens is 409 g/mol. The molecule has 0 unspecified atom stereocenters. The summed E-state index contributed by atoms with van der Waals surface area (Å²) in [6.45, 7) is 1.48. The maximum atomic E-state index is 12.6. The maximum absolute atomic E-state index is 12.6. The molecule has 0 radical (unpaired) electrons. The first-order chi connectivity index (χ1) is 14.1. The molecule has 1 amide bonds. The average Bonchev–Trinajstić information content (AvgIpc) is 2.77. The van der Waals surface area contributed by atoms with Crippen LogP contribution in [0.4, 0.5) is 11.5 Å². The first kappa shape index (κ1) is 19.6. The molecule has 1 aromatic carbocycles. The van der Waals surface area contributed by atoms with Crippen LogP contribution in [0.3, 0.4) is 0 Å². The number of pyridine rings is 1. The van der Waals surface area contributed by atoms with Crippen LogP contribution in [0.1, 0.15) is 12.8 Å². The minimum absolute atomic E-state index is 0.0353. The second kappa shape index (κ2) is 8.76. The van der Waals surface area contributed by atoms with Crippen LogP contribution >= 0.6 is 23.2 Å². The van der Waals surface area contributed by atoms with E-state index in [9.17, 15) is 4.79 Å². The normalized spacial score (nSPS) is 14.6. The molecule has 1 aliphatic heterocycles. The van der Waals surface area contributed by atoms with Gasteiger partial charge in [0, 0.05) is 42.0 Å². The van der Waals surface area contributed by atoms with Gasteiger partial charge in [-0.05, 0) is 55.3 Å². The van der Waals surface area contributed by atoms with Crippen molar-refractivity contribution in [1.82, 2.24) is 15.2 Å². The van der Waals surface area contributed by atoms with Crippen LogP contribution in [0, 0.1) is 5.92 Å². The van der Waals surface area contributed by atoms with Gasteiger partial charge in [-0.2, -0.15) is 0 Å². The predicted octanol–water partition coefficient (Wildman–Crippen LogP) is 4.70. The maximum Gasteiger partial charge on any atom is 0.227 e. The largest absolute Gasteiger partial charge is 0.355 e. The Balaban J connectivity index is 1.35. The van der Waals surface area contributed by atoms with Crippen molar-refractivity contribution in [3.05, 3.63) is 64.9 Å². The molecule has 148 valence electrons. The van der Waals surface area contributed by atoms with Crippen molar-refractivity contribution in [2.24, 2.45) is 5.92 Å². The number of carbonyl (C=O) groups excluding carboxylic acids is 1. The Morgan fingerprint density at radius 2 is 1.90 bits per heavy atom. The zero-order valence-corrected chi connectivity index (χ0v) is 17.1. The standard InChI is InChI=1S/C21H19Cl2N5O/c22-16-3-4-17(23)19(12-16)25-21(29)14-7-10-28(11-8-14)20-6-5-18(26-27-20)15-2-1-9-24-13-15/h1-6,9,12-14H,7-8,10-11H2,(H,25,29). The van der Waals surface area contributed by atoms with Gasteiger partial charge < -0.3 is 10.2 Å². The molecule has 1 saturated heterocycles. The summed E-state index contributed by atoms with van der Waals surface area (Å²) in [5, 5.41) is 12.6. The summed E-state index contributed by atoms with van der Waals surface area (Å²) in [7, 11) is 0. The number of aromatic nitrogens is 3. The van der Waals surface area contributed by atoms with Crippen molar-refractivity contribution in [3.8, 4) is 11.3 Å². The van der Waals surface area contributed by atoms with E-state index >= 15 is 0 Å². The number of hydrogen-bond donors (Lipinski definition) is 1. The lowest BCUT2D eigenvalue weighted by Gasteiger charge is -2.31. The summed E-state index contributed by atoms with van der Waals surface area (Å²) in [5.41, 5.74) is 2.26. The zero-order valence-electron chi connectivity index (χ0n) is 15.6. The molecule has 8 heteroatoms. The van der Waals surface area contributed by atoms with E-state index < -0.39 is 0 Å². The number of nitrogens with one attached hydrogen (secondary N) is 1. The summed E-state index contributed by atoms with van der Waals surface area (Å²) in [6.07, 6.45) is 4.96. The second-order valence-electron chi connectivity index (χ2n) is 6.89. The van der Waals surface area contributed by atoms with Crippen LogP contribution in [0.25, 0.3) is 11.3 Å². The highest BCUT2D eigenvalue weighted by Crippen LogP contribution is 2.28. The van der Waals surface area contributed by atoms with Gasteiger partial charge in [-0.25, -0.2) is 0 Å².